The Morgan fingerprint density at radius 1 is 1.22 bits per heavy atom. The van der Waals surface area contributed by atoms with Gasteiger partial charge in [-0.25, -0.2) is 8.78 Å². The Kier molecular flexibility index (Phi) is 5.60. The van der Waals surface area contributed by atoms with Crippen molar-refractivity contribution >= 4 is 23.4 Å². The molecule has 1 amide bonds. The zero-order valence-corrected chi connectivity index (χ0v) is 13.8. The van der Waals surface area contributed by atoms with Gasteiger partial charge in [0.1, 0.15) is 17.4 Å². The number of benzene rings is 2. The molecule has 2 aromatic rings. The summed E-state index contributed by atoms with van der Waals surface area (Å²) in [6.45, 7) is 3.56. The molecule has 3 nitrogen and oxygen atoms in total. The van der Waals surface area contributed by atoms with Crippen molar-refractivity contribution in [3.05, 3.63) is 53.6 Å². The van der Waals surface area contributed by atoms with Crippen molar-refractivity contribution in [1.29, 1.82) is 0 Å². The third-order valence-electron chi connectivity index (χ3n) is 3.18. The SMILES string of the molecule is COc1ccc(C)cc1NC(=O)[C@H](C)Sc1ccc(F)cc1F. The fourth-order valence-electron chi connectivity index (χ4n) is 1.97. The van der Waals surface area contributed by atoms with E-state index in [1.165, 1.54) is 19.2 Å². The lowest BCUT2D eigenvalue weighted by atomic mass is 10.2. The van der Waals surface area contributed by atoms with Gasteiger partial charge in [0.25, 0.3) is 0 Å². The van der Waals surface area contributed by atoms with Crippen LogP contribution in [0.5, 0.6) is 5.75 Å². The number of anilines is 1. The number of thioether (sulfide) groups is 1. The monoisotopic (exact) mass is 337 g/mol. The van der Waals surface area contributed by atoms with Crippen LogP contribution in [-0.4, -0.2) is 18.3 Å². The zero-order chi connectivity index (χ0) is 17.0. The zero-order valence-electron chi connectivity index (χ0n) is 13.0. The quantitative estimate of drug-likeness (QED) is 0.822. The normalized spacial score (nSPS) is 11.9. The van der Waals surface area contributed by atoms with Gasteiger partial charge in [0.2, 0.25) is 5.91 Å². The summed E-state index contributed by atoms with van der Waals surface area (Å²) in [4.78, 5) is 12.5. The van der Waals surface area contributed by atoms with Gasteiger partial charge >= 0.3 is 0 Å². The van der Waals surface area contributed by atoms with Crippen molar-refractivity contribution in [2.75, 3.05) is 12.4 Å². The van der Waals surface area contributed by atoms with Crippen LogP contribution in [0.25, 0.3) is 0 Å². The van der Waals surface area contributed by atoms with Crippen molar-refractivity contribution in [3.63, 3.8) is 0 Å². The summed E-state index contributed by atoms with van der Waals surface area (Å²) >= 11 is 1.03. The van der Waals surface area contributed by atoms with E-state index in [1.54, 1.807) is 19.1 Å². The van der Waals surface area contributed by atoms with Gasteiger partial charge in [-0.15, -0.1) is 11.8 Å². The number of carbonyl (C=O) groups excluding carboxylic acids is 1. The molecule has 0 fully saturated rings. The first kappa shape index (κ1) is 17.3. The van der Waals surface area contributed by atoms with E-state index in [4.69, 9.17) is 4.74 Å². The van der Waals surface area contributed by atoms with E-state index < -0.39 is 16.9 Å². The minimum Gasteiger partial charge on any atom is -0.495 e. The summed E-state index contributed by atoms with van der Waals surface area (Å²) in [6.07, 6.45) is 0. The lowest BCUT2D eigenvalue weighted by Crippen LogP contribution is -2.22. The average molecular weight is 337 g/mol. The van der Waals surface area contributed by atoms with Crippen molar-refractivity contribution in [2.45, 2.75) is 24.0 Å². The molecule has 6 heteroatoms. The fourth-order valence-corrected chi connectivity index (χ4v) is 2.83. The van der Waals surface area contributed by atoms with Crippen molar-refractivity contribution in [1.82, 2.24) is 0 Å². The second kappa shape index (κ2) is 7.46. The van der Waals surface area contributed by atoms with E-state index in [9.17, 15) is 13.6 Å². The minimum absolute atomic E-state index is 0.227. The van der Waals surface area contributed by atoms with Crippen LogP contribution in [0, 0.1) is 18.6 Å². The van der Waals surface area contributed by atoms with E-state index >= 15 is 0 Å². The maximum Gasteiger partial charge on any atom is 0.237 e. The van der Waals surface area contributed by atoms with E-state index in [1.807, 2.05) is 13.0 Å². The fraction of sp³-hybridized carbons (Fsp3) is 0.235. The first-order chi connectivity index (χ1) is 10.9. The molecular formula is C17H17F2NO2S. The van der Waals surface area contributed by atoms with Crippen LogP contribution >= 0.6 is 11.8 Å². The van der Waals surface area contributed by atoms with E-state index in [0.29, 0.717) is 11.4 Å². The molecule has 2 aromatic carbocycles. The summed E-state index contributed by atoms with van der Waals surface area (Å²) < 4.78 is 31.8. The highest BCUT2D eigenvalue weighted by atomic mass is 32.2. The molecule has 0 radical (unpaired) electrons. The number of nitrogens with one attached hydrogen (secondary N) is 1. The average Bonchev–Trinajstić information content (AvgIpc) is 2.50. The summed E-state index contributed by atoms with van der Waals surface area (Å²) in [5, 5.41) is 2.22. The molecular weight excluding hydrogens is 320 g/mol. The van der Waals surface area contributed by atoms with Crippen LogP contribution < -0.4 is 10.1 Å². The highest BCUT2D eigenvalue weighted by Crippen LogP contribution is 2.29. The Balaban J connectivity index is 2.10. The first-order valence-electron chi connectivity index (χ1n) is 6.98. The van der Waals surface area contributed by atoms with Gasteiger partial charge in [-0.2, -0.15) is 0 Å². The number of methoxy groups -OCH3 is 1. The van der Waals surface area contributed by atoms with E-state index in [-0.39, 0.29) is 10.8 Å². The Morgan fingerprint density at radius 2 is 1.96 bits per heavy atom. The third kappa shape index (κ3) is 4.45. The molecule has 2 rings (SSSR count). The number of ether oxygens (including phenoxy) is 1. The molecule has 1 atom stereocenters. The number of carbonyl (C=O) groups is 1. The number of amides is 1. The van der Waals surface area contributed by atoms with Crippen molar-refractivity contribution < 1.29 is 18.3 Å². The van der Waals surface area contributed by atoms with E-state index in [0.717, 1.165) is 23.4 Å². The number of hydrogen-bond donors (Lipinski definition) is 1. The summed E-state index contributed by atoms with van der Waals surface area (Å²) in [6, 6.07) is 8.73. The molecule has 0 bridgehead atoms. The van der Waals surface area contributed by atoms with Crippen LogP contribution in [0.3, 0.4) is 0 Å². The van der Waals surface area contributed by atoms with Crippen molar-refractivity contribution in [2.24, 2.45) is 0 Å². The van der Waals surface area contributed by atoms with E-state index in [2.05, 4.69) is 5.32 Å². The lowest BCUT2D eigenvalue weighted by Gasteiger charge is -2.15. The molecule has 0 aliphatic carbocycles. The molecule has 122 valence electrons. The minimum atomic E-state index is -0.678. The molecule has 23 heavy (non-hydrogen) atoms. The van der Waals surface area contributed by atoms with Crippen LogP contribution in [-0.2, 0) is 4.79 Å². The molecule has 0 aliphatic heterocycles. The standard InChI is InChI=1S/C17H17F2NO2S/c1-10-4-6-15(22-3)14(8-10)20-17(21)11(2)23-16-7-5-12(18)9-13(16)19/h4-9,11H,1-3H3,(H,20,21)/t11-/m0/s1. The highest BCUT2D eigenvalue weighted by molar-refractivity contribution is 8.00. The summed E-state index contributed by atoms with van der Waals surface area (Å²) in [5.41, 5.74) is 1.54. The Bertz CT molecular complexity index is 722. The number of rotatable bonds is 5. The van der Waals surface area contributed by atoms with Crippen molar-refractivity contribution in [3.8, 4) is 5.75 Å². The predicted octanol–water partition coefficient (Wildman–Crippen LogP) is 4.40. The molecule has 0 aromatic heterocycles. The molecule has 0 heterocycles. The second-order valence-electron chi connectivity index (χ2n) is 5.03. The lowest BCUT2D eigenvalue weighted by molar-refractivity contribution is -0.115. The summed E-state index contributed by atoms with van der Waals surface area (Å²) in [5.74, 6) is -1.06. The van der Waals surface area contributed by atoms with Gasteiger partial charge in [0, 0.05) is 11.0 Å². The van der Waals surface area contributed by atoms with Gasteiger partial charge in [-0.3, -0.25) is 4.79 Å². The molecule has 0 saturated heterocycles. The molecule has 0 aliphatic rings. The number of halogens is 2. The second-order valence-corrected chi connectivity index (χ2v) is 6.41. The van der Waals surface area contributed by atoms with Crippen LogP contribution in [0.15, 0.2) is 41.3 Å². The molecule has 0 spiro atoms. The van der Waals surface area contributed by atoms with Gasteiger partial charge in [-0.05, 0) is 43.7 Å². The Morgan fingerprint density at radius 3 is 2.61 bits per heavy atom. The smallest absolute Gasteiger partial charge is 0.237 e. The molecule has 0 saturated carbocycles. The topological polar surface area (TPSA) is 38.3 Å². The predicted molar refractivity (Wildman–Crippen MR) is 88.0 cm³/mol. The third-order valence-corrected chi connectivity index (χ3v) is 4.33. The van der Waals surface area contributed by atoms with Gasteiger partial charge in [0.15, 0.2) is 0 Å². The number of aryl methyl sites for hydroxylation is 1. The maximum atomic E-state index is 13.7. The Hall–Kier alpha value is -2.08. The van der Waals surface area contributed by atoms with Gasteiger partial charge in [0.05, 0.1) is 18.0 Å². The molecule has 0 unspecified atom stereocenters. The van der Waals surface area contributed by atoms with Crippen LogP contribution in [0.4, 0.5) is 14.5 Å². The van der Waals surface area contributed by atoms with Gasteiger partial charge < -0.3 is 10.1 Å². The Labute approximate surface area is 138 Å². The van der Waals surface area contributed by atoms with Gasteiger partial charge in [-0.1, -0.05) is 6.07 Å². The number of hydrogen-bond acceptors (Lipinski definition) is 3. The van der Waals surface area contributed by atoms with Crippen LogP contribution in [0.1, 0.15) is 12.5 Å². The largest absolute Gasteiger partial charge is 0.495 e. The summed E-state index contributed by atoms with van der Waals surface area (Å²) in [7, 11) is 1.52. The first-order valence-corrected chi connectivity index (χ1v) is 7.86. The highest BCUT2D eigenvalue weighted by Gasteiger charge is 2.18. The molecule has 1 N–H and O–H groups in total. The maximum absolute atomic E-state index is 13.7. The van der Waals surface area contributed by atoms with Crippen LogP contribution in [0.2, 0.25) is 0 Å².